The van der Waals surface area contributed by atoms with Crippen molar-refractivity contribution in [2.45, 2.75) is 6.54 Å². The summed E-state index contributed by atoms with van der Waals surface area (Å²) in [5.41, 5.74) is 6.83. The van der Waals surface area contributed by atoms with Gasteiger partial charge in [-0.05, 0) is 29.2 Å². The molecule has 0 radical (unpaired) electrons. The summed E-state index contributed by atoms with van der Waals surface area (Å²) in [5.74, 6) is 1.45. The standard InChI is InChI=1S/C12H15N3OS/c1-15(12-7-11(13)14-17-12)8-9-3-5-10(16-2)6-4-9/h3-7H,8H2,1-2H3,(H2,13,14). The van der Waals surface area contributed by atoms with Gasteiger partial charge in [-0.1, -0.05) is 12.1 Å². The van der Waals surface area contributed by atoms with E-state index in [0.717, 1.165) is 17.3 Å². The van der Waals surface area contributed by atoms with Crippen LogP contribution in [-0.2, 0) is 6.54 Å². The average Bonchev–Trinajstić information content (AvgIpc) is 2.77. The summed E-state index contributed by atoms with van der Waals surface area (Å²) < 4.78 is 9.19. The van der Waals surface area contributed by atoms with Gasteiger partial charge in [-0.2, -0.15) is 4.37 Å². The molecule has 1 aromatic carbocycles. The fourth-order valence-corrected chi connectivity index (χ4v) is 2.17. The minimum atomic E-state index is 0.576. The fraction of sp³-hybridized carbons (Fsp3) is 0.250. The first-order valence-corrected chi connectivity index (χ1v) is 6.02. The third kappa shape index (κ3) is 2.88. The first kappa shape index (κ1) is 11.7. The van der Waals surface area contributed by atoms with Crippen molar-refractivity contribution in [1.82, 2.24) is 4.37 Å². The number of nitrogen functional groups attached to an aromatic ring is 1. The molecule has 2 N–H and O–H groups in total. The number of ether oxygens (including phenoxy) is 1. The normalized spacial score (nSPS) is 10.2. The van der Waals surface area contributed by atoms with Crippen LogP contribution in [0, 0.1) is 0 Å². The Bertz CT molecular complexity index is 481. The number of benzene rings is 1. The second kappa shape index (κ2) is 5.05. The maximum absolute atomic E-state index is 5.60. The van der Waals surface area contributed by atoms with Crippen molar-refractivity contribution in [3.63, 3.8) is 0 Å². The Kier molecular flexibility index (Phi) is 3.49. The zero-order valence-corrected chi connectivity index (χ0v) is 10.7. The zero-order chi connectivity index (χ0) is 12.3. The maximum Gasteiger partial charge on any atom is 0.139 e. The Hall–Kier alpha value is -1.75. The van der Waals surface area contributed by atoms with Crippen molar-refractivity contribution >= 4 is 22.4 Å². The van der Waals surface area contributed by atoms with E-state index in [2.05, 4.69) is 21.4 Å². The van der Waals surface area contributed by atoms with Gasteiger partial charge in [0, 0.05) is 19.7 Å². The van der Waals surface area contributed by atoms with E-state index >= 15 is 0 Å². The molecule has 0 aliphatic carbocycles. The van der Waals surface area contributed by atoms with E-state index in [4.69, 9.17) is 10.5 Å². The first-order valence-electron chi connectivity index (χ1n) is 5.25. The molecule has 0 fully saturated rings. The van der Waals surface area contributed by atoms with E-state index < -0.39 is 0 Å². The zero-order valence-electron chi connectivity index (χ0n) is 9.88. The summed E-state index contributed by atoms with van der Waals surface area (Å²) in [6.45, 7) is 0.825. The molecule has 90 valence electrons. The number of rotatable bonds is 4. The summed E-state index contributed by atoms with van der Waals surface area (Å²) >= 11 is 1.41. The van der Waals surface area contributed by atoms with Crippen molar-refractivity contribution in [1.29, 1.82) is 0 Å². The monoisotopic (exact) mass is 249 g/mol. The molecule has 1 heterocycles. The van der Waals surface area contributed by atoms with E-state index in [0.29, 0.717) is 5.82 Å². The van der Waals surface area contributed by atoms with Crippen molar-refractivity contribution < 1.29 is 4.74 Å². The number of hydrogen-bond acceptors (Lipinski definition) is 5. The van der Waals surface area contributed by atoms with Gasteiger partial charge in [-0.25, -0.2) is 0 Å². The molecule has 5 heteroatoms. The topological polar surface area (TPSA) is 51.4 Å². The third-order valence-electron chi connectivity index (χ3n) is 2.47. The Morgan fingerprint density at radius 2 is 2.06 bits per heavy atom. The fourth-order valence-electron chi connectivity index (χ4n) is 1.54. The van der Waals surface area contributed by atoms with Crippen molar-refractivity contribution in [2.24, 2.45) is 0 Å². The van der Waals surface area contributed by atoms with Gasteiger partial charge in [0.15, 0.2) is 0 Å². The molecule has 0 aliphatic heterocycles. The van der Waals surface area contributed by atoms with Crippen LogP contribution in [0.1, 0.15) is 5.56 Å². The van der Waals surface area contributed by atoms with Crippen LogP contribution < -0.4 is 15.4 Å². The molecule has 1 aromatic heterocycles. The largest absolute Gasteiger partial charge is 0.497 e. The molecule has 0 atom stereocenters. The average molecular weight is 249 g/mol. The summed E-state index contributed by atoms with van der Waals surface area (Å²) in [6, 6.07) is 9.92. The van der Waals surface area contributed by atoms with Gasteiger partial charge < -0.3 is 15.4 Å². The number of nitrogens with zero attached hydrogens (tertiary/aromatic N) is 2. The van der Waals surface area contributed by atoms with E-state index in [1.54, 1.807) is 7.11 Å². The SMILES string of the molecule is COc1ccc(CN(C)c2cc(N)ns2)cc1. The molecule has 0 saturated carbocycles. The van der Waals surface area contributed by atoms with Gasteiger partial charge in [-0.15, -0.1) is 0 Å². The predicted molar refractivity (Wildman–Crippen MR) is 71.6 cm³/mol. The van der Waals surface area contributed by atoms with Gasteiger partial charge in [-0.3, -0.25) is 0 Å². The molecule has 17 heavy (non-hydrogen) atoms. The lowest BCUT2D eigenvalue weighted by molar-refractivity contribution is 0.414. The molecule has 0 bridgehead atoms. The maximum atomic E-state index is 5.60. The summed E-state index contributed by atoms with van der Waals surface area (Å²) in [4.78, 5) is 2.12. The van der Waals surface area contributed by atoms with Crippen LogP contribution in [0.5, 0.6) is 5.75 Å². The van der Waals surface area contributed by atoms with Gasteiger partial charge in [0.25, 0.3) is 0 Å². The van der Waals surface area contributed by atoms with Gasteiger partial charge >= 0.3 is 0 Å². The van der Waals surface area contributed by atoms with E-state index in [9.17, 15) is 0 Å². The molecule has 2 aromatic rings. The molecule has 0 saturated heterocycles. The molecule has 0 unspecified atom stereocenters. The Balaban J connectivity index is 2.04. The minimum absolute atomic E-state index is 0.576. The minimum Gasteiger partial charge on any atom is -0.497 e. The highest BCUT2D eigenvalue weighted by atomic mass is 32.1. The van der Waals surface area contributed by atoms with Gasteiger partial charge in [0.1, 0.15) is 16.6 Å². The van der Waals surface area contributed by atoms with Crippen LogP contribution in [0.4, 0.5) is 10.8 Å². The molecular formula is C12H15N3OS. The van der Waals surface area contributed by atoms with Crippen LogP contribution in [0.3, 0.4) is 0 Å². The van der Waals surface area contributed by atoms with Gasteiger partial charge in [0.2, 0.25) is 0 Å². The summed E-state index contributed by atoms with van der Waals surface area (Å²) in [5, 5.41) is 1.07. The second-order valence-corrected chi connectivity index (χ2v) is 4.58. The van der Waals surface area contributed by atoms with Gasteiger partial charge in [0.05, 0.1) is 7.11 Å². The lowest BCUT2D eigenvalue weighted by Gasteiger charge is -2.16. The smallest absolute Gasteiger partial charge is 0.139 e. The molecular weight excluding hydrogens is 234 g/mol. The molecule has 4 nitrogen and oxygen atoms in total. The Labute approximate surface area is 105 Å². The molecule has 2 rings (SSSR count). The van der Waals surface area contributed by atoms with Crippen molar-refractivity contribution in [2.75, 3.05) is 24.8 Å². The van der Waals surface area contributed by atoms with Crippen LogP contribution in [0.2, 0.25) is 0 Å². The number of hydrogen-bond donors (Lipinski definition) is 1. The molecule has 0 aliphatic rings. The summed E-state index contributed by atoms with van der Waals surface area (Å²) in [6.07, 6.45) is 0. The van der Waals surface area contributed by atoms with Crippen LogP contribution in [-0.4, -0.2) is 18.5 Å². The molecule has 0 amide bonds. The van der Waals surface area contributed by atoms with Crippen molar-refractivity contribution in [3.05, 3.63) is 35.9 Å². The lowest BCUT2D eigenvalue weighted by Crippen LogP contribution is -2.14. The summed E-state index contributed by atoms with van der Waals surface area (Å²) in [7, 11) is 3.69. The predicted octanol–water partition coefficient (Wildman–Crippen LogP) is 2.37. The number of anilines is 2. The highest BCUT2D eigenvalue weighted by Gasteiger charge is 2.05. The molecule has 0 spiro atoms. The highest BCUT2D eigenvalue weighted by Crippen LogP contribution is 2.23. The van der Waals surface area contributed by atoms with Crippen molar-refractivity contribution in [3.8, 4) is 5.75 Å². The number of aromatic nitrogens is 1. The van der Waals surface area contributed by atoms with E-state index in [-0.39, 0.29) is 0 Å². The Morgan fingerprint density at radius 3 is 2.59 bits per heavy atom. The third-order valence-corrected chi connectivity index (χ3v) is 3.39. The van der Waals surface area contributed by atoms with Crippen LogP contribution >= 0.6 is 11.5 Å². The highest BCUT2D eigenvalue weighted by molar-refractivity contribution is 7.10. The lowest BCUT2D eigenvalue weighted by atomic mass is 10.2. The second-order valence-electron chi connectivity index (χ2n) is 3.79. The quantitative estimate of drug-likeness (QED) is 0.903. The Morgan fingerprint density at radius 1 is 1.35 bits per heavy atom. The van der Waals surface area contributed by atoms with E-state index in [1.165, 1.54) is 17.1 Å². The van der Waals surface area contributed by atoms with Crippen LogP contribution in [0.25, 0.3) is 0 Å². The number of nitrogens with two attached hydrogens (primary N) is 1. The first-order chi connectivity index (χ1) is 8.19. The van der Waals surface area contributed by atoms with Crippen LogP contribution in [0.15, 0.2) is 30.3 Å². The number of methoxy groups -OCH3 is 1. The van der Waals surface area contributed by atoms with E-state index in [1.807, 2.05) is 25.2 Å².